The monoisotopic (exact) mass is 322 g/mol. The minimum absolute atomic E-state index is 0.122. The molecular weight excluding hydrogens is 304 g/mol. The van der Waals surface area contributed by atoms with Crippen molar-refractivity contribution >= 4 is 23.4 Å². The Kier molecular flexibility index (Phi) is 4.29. The molecule has 112 valence electrons. The lowest BCUT2D eigenvalue weighted by Gasteiger charge is -2.39. The zero-order valence-electron chi connectivity index (χ0n) is 12.1. The molecule has 1 aliphatic carbocycles. The van der Waals surface area contributed by atoms with E-state index in [2.05, 4.69) is 9.55 Å². The number of thioether (sulfide) groups is 1. The van der Waals surface area contributed by atoms with Gasteiger partial charge in [0.2, 0.25) is 0 Å². The van der Waals surface area contributed by atoms with Crippen molar-refractivity contribution in [1.29, 1.82) is 0 Å². The molecule has 0 atom stereocenters. The number of hydrogen-bond donors (Lipinski definition) is 1. The second-order valence-electron chi connectivity index (χ2n) is 5.79. The number of imidazole rings is 1. The molecule has 1 aromatic heterocycles. The smallest absolute Gasteiger partial charge is 0.168 e. The van der Waals surface area contributed by atoms with Crippen LogP contribution in [0.3, 0.4) is 0 Å². The molecule has 0 unspecified atom stereocenters. The highest BCUT2D eigenvalue weighted by Crippen LogP contribution is 2.44. The molecule has 0 aliphatic heterocycles. The van der Waals surface area contributed by atoms with Crippen LogP contribution >= 0.6 is 23.4 Å². The average Bonchev–Trinajstić information content (AvgIpc) is 2.81. The molecule has 5 heteroatoms. The molecule has 0 spiro atoms. The third-order valence-corrected chi connectivity index (χ3v) is 5.99. The number of benzene rings is 1. The van der Waals surface area contributed by atoms with Crippen molar-refractivity contribution in [1.82, 2.24) is 9.55 Å². The van der Waals surface area contributed by atoms with E-state index in [1.165, 1.54) is 6.42 Å². The fourth-order valence-corrected chi connectivity index (χ4v) is 4.02. The van der Waals surface area contributed by atoms with Crippen LogP contribution in [0.15, 0.2) is 35.6 Å². The summed E-state index contributed by atoms with van der Waals surface area (Å²) in [4.78, 5) is 4.52. The molecule has 3 rings (SSSR count). The van der Waals surface area contributed by atoms with Gasteiger partial charge in [-0.05, 0) is 30.5 Å². The summed E-state index contributed by atoms with van der Waals surface area (Å²) in [7, 11) is 2.03. The van der Waals surface area contributed by atoms with Crippen LogP contribution < -0.4 is 0 Å². The summed E-state index contributed by atoms with van der Waals surface area (Å²) in [5.41, 5.74) is 2.32. The fourth-order valence-electron chi connectivity index (χ4n) is 2.66. The van der Waals surface area contributed by atoms with E-state index in [0.717, 1.165) is 40.0 Å². The van der Waals surface area contributed by atoms with E-state index in [9.17, 15) is 5.11 Å². The maximum absolute atomic E-state index is 9.54. The first-order chi connectivity index (χ1) is 10.1. The van der Waals surface area contributed by atoms with Gasteiger partial charge in [-0.25, -0.2) is 4.98 Å². The van der Waals surface area contributed by atoms with Gasteiger partial charge in [-0.15, -0.1) is 0 Å². The minimum atomic E-state index is 0.122. The first-order valence-corrected chi connectivity index (χ1v) is 8.51. The predicted octanol–water partition coefficient (Wildman–Crippen LogP) is 4.00. The van der Waals surface area contributed by atoms with Gasteiger partial charge in [0.1, 0.15) is 0 Å². The van der Waals surface area contributed by atoms with Crippen molar-refractivity contribution in [3.05, 3.63) is 35.5 Å². The third kappa shape index (κ3) is 2.98. The van der Waals surface area contributed by atoms with Crippen LogP contribution in [0.4, 0.5) is 0 Å². The third-order valence-electron chi connectivity index (χ3n) is 4.34. The fraction of sp³-hybridized carbons (Fsp3) is 0.438. The predicted molar refractivity (Wildman–Crippen MR) is 87.7 cm³/mol. The molecule has 3 nitrogen and oxygen atoms in total. The Bertz CT molecular complexity index is 614. The summed E-state index contributed by atoms with van der Waals surface area (Å²) in [5, 5.41) is 11.3. The molecule has 0 saturated heterocycles. The second-order valence-corrected chi connectivity index (χ2v) is 7.17. The number of hydrogen-bond acceptors (Lipinski definition) is 3. The Morgan fingerprint density at radius 2 is 2.05 bits per heavy atom. The number of aliphatic hydroxyl groups excluding tert-OH is 1. The van der Waals surface area contributed by atoms with Crippen LogP contribution in [-0.4, -0.2) is 27.0 Å². The Hall–Kier alpha value is -0.970. The van der Waals surface area contributed by atoms with E-state index >= 15 is 0 Å². The quantitative estimate of drug-likeness (QED) is 0.846. The van der Waals surface area contributed by atoms with Gasteiger partial charge in [0, 0.05) is 29.8 Å². The largest absolute Gasteiger partial charge is 0.396 e. The summed E-state index contributed by atoms with van der Waals surface area (Å²) in [6, 6.07) is 7.81. The molecule has 0 bridgehead atoms. The SMILES string of the molecule is Cn1c(-c2ccc(Cl)cc2)cnc1SCC1(CO)CCC1. The normalized spacial score (nSPS) is 16.7. The molecule has 1 heterocycles. The molecule has 0 amide bonds. The Morgan fingerprint density at radius 3 is 2.62 bits per heavy atom. The van der Waals surface area contributed by atoms with Gasteiger partial charge in [0.15, 0.2) is 5.16 Å². The van der Waals surface area contributed by atoms with Crippen molar-refractivity contribution < 1.29 is 5.11 Å². The Balaban J connectivity index is 1.75. The highest BCUT2D eigenvalue weighted by Gasteiger charge is 2.36. The van der Waals surface area contributed by atoms with Gasteiger partial charge in [-0.2, -0.15) is 0 Å². The Labute approximate surface area is 134 Å². The highest BCUT2D eigenvalue weighted by atomic mass is 35.5. The number of rotatable bonds is 5. The molecule has 1 saturated carbocycles. The van der Waals surface area contributed by atoms with E-state index in [-0.39, 0.29) is 12.0 Å². The zero-order valence-corrected chi connectivity index (χ0v) is 13.6. The molecule has 1 N–H and O–H groups in total. The Morgan fingerprint density at radius 1 is 1.33 bits per heavy atom. The summed E-state index contributed by atoms with van der Waals surface area (Å²) in [5.74, 6) is 0.939. The van der Waals surface area contributed by atoms with Crippen molar-refractivity contribution in [2.45, 2.75) is 24.4 Å². The number of halogens is 1. The van der Waals surface area contributed by atoms with Gasteiger partial charge >= 0.3 is 0 Å². The summed E-state index contributed by atoms with van der Waals surface area (Å²) < 4.78 is 2.11. The molecule has 0 radical (unpaired) electrons. The van der Waals surface area contributed by atoms with Gasteiger partial charge < -0.3 is 9.67 Å². The van der Waals surface area contributed by atoms with E-state index in [4.69, 9.17) is 11.6 Å². The molecule has 1 aromatic carbocycles. The number of nitrogens with zero attached hydrogens (tertiary/aromatic N) is 2. The van der Waals surface area contributed by atoms with E-state index in [1.54, 1.807) is 11.8 Å². The van der Waals surface area contributed by atoms with Gasteiger partial charge in [0.05, 0.1) is 11.9 Å². The molecule has 2 aromatic rings. The van der Waals surface area contributed by atoms with Crippen molar-refractivity contribution in [3.8, 4) is 11.3 Å². The second kappa shape index (κ2) is 6.03. The molecule has 1 aliphatic rings. The van der Waals surface area contributed by atoms with Crippen LogP contribution in [0.25, 0.3) is 11.3 Å². The van der Waals surface area contributed by atoms with Gasteiger partial charge in [-0.3, -0.25) is 0 Å². The van der Waals surface area contributed by atoms with Crippen molar-refractivity contribution in [2.24, 2.45) is 12.5 Å². The van der Waals surface area contributed by atoms with E-state index in [0.29, 0.717) is 0 Å². The maximum Gasteiger partial charge on any atom is 0.168 e. The zero-order chi connectivity index (χ0) is 14.9. The van der Waals surface area contributed by atoms with Crippen LogP contribution in [0.2, 0.25) is 5.02 Å². The van der Waals surface area contributed by atoms with Crippen LogP contribution in [0.1, 0.15) is 19.3 Å². The van der Waals surface area contributed by atoms with E-state index in [1.807, 2.05) is 37.5 Å². The highest BCUT2D eigenvalue weighted by molar-refractivity contribution is 7.99. The van der Waals surface area contributed by atoms with Crippen LogP contribution in [-0.2, 0) is 7.05 Å². The lowest BCUT2D eigenvalue weighted by molar-refractivity contribution is 0.0685. The first kappa shape index (κ1) is 14.9. The molecule has 1 fully saturated rings. The van der Waals surface area contributed by atoms with Gasteiger partial charge in [0.25, 0.3) is 0 Å². The molecule has 21 heavy (non-hydrogen) atoms. The number of aromatic nitrogens is 2. The average molecular weight is 323 g/mol. The first-order valence-electron chi connectivity index (χ1n) is 7.15. The van der Waals surface area contributed by atoms with Crippen LogP contribution in [0.5, 0.6) is 0 Å². The van der Waals surface area contributed by atoms with Crippen molar-refractivity contribution in [3.63, 3.8) is 0 Å². The van der Waals surface area contributed by atoms with Crippen LogP contribution in [0, 0.1) is 5.41 Å². The minimum Gasteiger partial charge on any atom is -0.396 e. The topological polar surface area (TPSA) is 38.0 Å². The summed E-state index contributed by atoms with van der Waals surface area (Å²) in [6.45, 7) is 0.286. The lowest BCUT2D eigenvalue weighted by atomic mass is 9.71. The summed E-state index contributed by atoms with van der Waals surface area (Å²) >= 11 is 7.67. The lowest BCUT2D eigenvalue weighted by Crippen LogP contribution is -2.35. The standard InChI is InChI=1S/C16H19ClN2OS/c1-19-14(12-3-5-13(17)6-4-12)9-18-15(19)21-11-16(10-20)7-2-8-16/h3-6,9,20H,2,7-8,10-11H2,1H3. The summed E-state index contributed by atoms with van der Waals surface area (Å²) in [6.07, 6.45) is 5.39. The van der Waals surface area contributed by atoms with Crippen molar-refractivity contribution in [2.75, 3.05) is 12.4 Å². The number of aliphatic hydroxyl groups is 1. The molecular formula is C16H19ClN2OS. The van der Waals surface area contributed by atoms with Gasteiger partial charge in [-0.1, -0.05) is 41.9 Å². The maximum atomic E-state index is 9.54. The van der Waals surface area contributed by atoms with E-state index < -0.39 is 0 Å².